The summed E-state index contributed by atoms with van der Waals surface area (Å²) in [7, 11) is 3.33. The van der Waals surface area contributed by atoms with Gasteiger partial charge in [-0.3, -0.25) is 9.69 Å². The molecule has 0 saturated carbocycles. The molecule has 0 aromatic carbocycles. The van der Waals surface area contributed by atoms with Gasteiger partial charge >= 0.3 is 0 Å². The van der Waals surface area contributed by atoms with Crippen molar-refractivity contribution in [3.8, 4) is 5.88 Å². The Kier molecular flexibility index (Phi) is 3.41. The van der Waals surface area contributed by atoms with Gasteiger partial charge < -0.3 is 10.1 Å². The van der Waals surface area contributed by atoms with Crippen LogP contribution >= 0.6 is 0 Å². The van der Waals surface area contributed by atoms with Crippen molar-refractivity contribution in [2.24, 2.45) is 7.05 Å². The summed E-state index contributed by atoms with van der Waals surface area (Å²) < 4.78 is 6.80. The average Bonchev–Trinajstić information content (AvgIpc) is 3.08. The number of aryl methyl sites for hydroxylation is 1. The van der Waals surface area contributed by atoms with E-state index in [9.17, 15) is 4.79 Å². The Morgan fingerprint density at radius 1 is 1.45 bits per heavy atom. The third-order valence-electron chi connectivity index (χ3n) is 4.71. The molecular weight excluding hydrogens is 256 g/mol. The monoisotopic (exact) mass is 278 g/mol. The van der Waals surface area contributed by atoms with Crippen LogP contribution in [0.4, 0.5) is 0 Å². The van der Waals surface area contributed by atoms with Crippen LogP contribution in [0.2, 0.25) is 0 Å². The number of carbonyl (C=O) groups excluding carboxylic acids is 1. The third-order valence-corrected chi connectivity index (χ3v) is 4.71. The van der Waals surface area contributed by atoms with E-state index in [2.05, 4.69) is 15.3 Å². The largest absolute Gasteiger partial charge is 0.481 e. The number of hydrogen-bond donors (Lipinski definition) is 1. The summed E-state index contributed by atoms with van der Waals surface area (Å²) in [6.45, 7) is 3.07. The van der Waals surface area contributed by atoms with Crippen molar-refractivity contribution >= 4 is 5.91 Å². The number of aromatic nitrogens is 2. The van der Waals surface area contributed by atoms with Gasteiger partial charge in [0.25, 0.3) is 5.91 Å². The predicted molar refractivity (Wildman–Crippen MR) is 74.9 cm³/mol. The lowest BCUT2D eigenvalue weighted by Gasteiger charge is -2.32. The third kappa shape index (κ3) is 2.08. The molecule has 110 valence electrons. The summed E-state index contributed by atoms with van der Waals surface area (Å²) in [6.07, 6.45) is 6.43. The number of nitrogens with one attached hydrogen (secondary N) is 1. The van der Waals surface area contributed by atoms with Crippen LogP contribution < -0.4 is 10.1 Å². The number of rotatable bonds is 4. The summed E-state index contributed by atoms with van der Waals surface area (Å²) >= 11 is 0. The van der Waals surface area contributed by atoms with Gasteiger partial charge in [0, 0.05) is 19.1 Å². The zero-order valence-electron chi connectivity index (χ0n) is 12.2. The number of ether oxygens (including phenoxy) is 1. The first kappa shape index (κ1) is 13.4. The molecular formula is C14H22N4O2. The zero-order chi connectivity index (χ0) is 14.2. The molecule has 0 aliphatic carbocycles. The quantitative estimate of drug-likeness (QED) is 0.884. The Bertz CT molecular complexity index is 501. The second-order valence-electron chi connectivity index (χ2n) is 5.79. The lowest BCUT2D eigenvalue weighted by atomic mass is 9.94. The van der Waals surface area contributed by atoms with Gasteiger partial charge in [-0.1, -0.05) is 0 Å². The predicted octanol–water partition coefficient (Wildman–Crippen LogP) is 0.787. The van der Waals surface area contributed by atoms with Crippen molar-refractivity contribution in [1.82, 2.24) is 20.0 Å². The molecule has 2 fully saturated rings. The Morgan fingerprint density at radius 2 is 2.15 bits per heavy atom. The Morgan fingerprint density at radius 3 is 2.80 bits per heavy atom. The van der Waals surface area contributed by atoms with Gasteiger partial charge in [-0.2, -0.15) is 5.10 Å². The van der Waals surface area contributed by atoms with Crippen LogP contribution in [0.1, 0.15) is 36.0 Å². The lowest BCUT2D eigenvalue weighted by molar-refractivity contribution is 0.0916. The molecule has 0 bridgehead atoms. The Hall–Kier alpha value is -1.56. The van der Waals surface area contributed by atoms with Gasteiger partial charge in [-0.05, 0) is 38.8 Å². The normalized spacial score (nSPS) is 20.9. The molecule has 2 aliphatic heterocycles. The Labute approximate surface area is 119 Å². The van der Waals surface area contributed by atoms with Crippen LogP contribution in [0.3, 0.4) is 0 Å². The summed E-state index contributed by atoms with van der Waals surface area (Å²) in [5.74, 6) is 0.415. The van der Waals surface area contributed by atoms with E-state index in [1.807, 2.05) is 0 Å². The fourth-order valence-corrected chi connectivity index (χ4v) is 3.68. The van der Waals surface area contributed by atoms with E-state index in [1.165, 1.54) is 38.8 Å². The highest BCUT2D eigenvalue weighted by atomic mass is 16.5. The van der Waals surface area contributed by atoms with Gasteiger partial charge in [0.1, 0.15) is 5.56 Å². The maximum atomic E-state index is 12.3. The van der Waals surface area contributed by atoms with Gasteiger partial charge in [0.15, 0.2) is 0 Å². The van der Waals surface area contributed by atoms with Crippen LogP contribution in [-0.2, 0) is 7.05 Å². The molecule has 0 atom stereocenters. The van der Waals surface area contributed by atoms with Gasteiger partial charge in [0.2, 0.25) is 5.88 Å². The summed E-state index contributed by atoms with van der Waals surface area (Å²) in [6, 6.07) is 0. The highest BCUT2D eigenvalue weighted by molar-refractivity contribution is 5.96. The number of methoxy groups -OCH3 is 1. The fraction of sp³-hybridized carbons (Fsp3) is 0.714. The second-order valence-corrected chi connectivity index (χ2v) is 5.79. The number of hydrogen-bond acceptors (Lipinski definition) is 4. The standard InChI is InChI=1S/C14H22N4O2/c1-17-13(20-2)11(9-16-17)12(19)15-10-14-5-3-7-18(14)8-4-6-14/h9H,3-8,10H2,1-2H3,(H,15,19). The first-order valence-corrected chi connectivity index (χ1v) is 7.25. The molecule has 2 aliphatic rings. The van der Waals surface area contributed by atoms with E-state index >= 15 is 0 Å². The zero-order valence-corrected chi connectivity index (χ0v) is 12.2. The van der Waals surface area contributed by atoms with Crippen molar-refractivity contribution in [2.45, 2.75) is 31.2 Å². The molecule has 1 N–H and O–H groups in total. The van der Waals surface area contributed by atoms with E-state index in [1.54, 1.807) is 25.0 Å². The van der Waals surface area contributed by atoms with E-state index in [-0.39, 0.29) is 11.4 Å². The maximum Gasteiger partial charge on any atom is 0.258 e. The molecule has 1 amide bonds. The molecule has 0 unspecified atom stereocenters. The average molecular weight is 278 g/mol. The number of carbonyl (C=O) groups is 1. The smallest absolute Gasteiger partial charge is 0.258 e. The van der Waals surface area contributed by atoms with Crippen LogP contribution in [-0.4, -0.2) is 52.9 Å². The van der Waals surface area contributed by atoms with Crippen molar-refractivity contribution in [2.75, 3.05) is 26.7 Å². The fourth-order valence-electron chi connectivity index (χ4n) is 3.68. The number of fused-ring (bicyclic) bond motifs is 1. The van der Waals surface area contributed by atoms with Gasteiger partial charge in [0.05, 0.1) is 13.3 Å². The molecule has 2 saturated heterocycles. The highest BCUT2D eigenvalue weighted by Gasteiger charge is 2.44. The second kappa shape index (κ2) is 5.09. The van der Waals surface area contributed by atoms with Crippen LogP contribution in [0.25, 0.3) is 0 Å². The molecule has 0 spiro atoms. The molecule has 6 heteroatoms. The number of amides is 1. The molecule has 3 heterocycles. The Balaban J connectivity index is 1.67. The maximum absolute atomic E-state index is 12.3. The molecule has 20 heavy (non-hydrogen) atoms. The first-order valence-electron chi connectivity index (χ1n) is 7.25. The summed E-state index contributed by atoms with van der Waals surface area (Å²) in [4.78, 5) is 14.9. The highest BCUT2D eigenvalue weighted by Crippen LogP contribution is 2.38. The van der Waals surface area contributed by atoms with Gasteiger partial charge in [-0.25, -0.2) is 4.68 Å². The first-order chi connectivity index (χ1) is 9.66. The van der Waals surface area contributed by atoms with Crippen LogP contribution in [0, 0.1) is 0 Å². The van der Waals surface area contributed by atoms with Crippen LogP contribution in [0.5, 0.6) is 5.88 Å². The van der Waals surface area contributed by atoms with E-state index in [4.69, 9.17) is 4.74 Å². The number of nitrogens with zero attached hydrogens (tertiary/aromatic N) is 3. The van der Waals surface area contributed by atoms with E-state index in [0.29, 0.717) is 11.4 Å². The van der Waals surface area contributed by atoms with Crippen molar-refractivity contribution in [3.63, 3.8) is 0 Å². The summed E-state index contributed by atoms with van der Waals surface area (Å²) in [5, 5.41) is 7.15. The van der Waals surface area contributed by atoms with Crippen molar-refractivity contribution < 1.29 is 9.53 Å². The lowest BCUT2D eigenvalue weighted by Crippen LogP contribution is -2.48. The minimum Gasteiger partial charge on any atom is -0.481 e. The molecule has 6 nitrogen and oxygen atoms in total. The molecule has 3 rings (SSSR count). The van der Waals surface area contributed by atoms with Crippen molar-refractivity contribution in [3.05, 3.63) is 11.8 Å². The summed E-state index contributed by atoms with van der Waals surface area (Å²) in [5.41, 5.74) is 0.708. The van der Waals surface area contributed by atoms with E-state index < -0.39 is 0 Å². The molecule has 1 aromatic heterocycles. The molecule has 0 radical (unpaired) electrons. The minimum atomic E-state index is -0.0944. The van der Waals surface area contributed by atoms with Crippen molar-refractivity contribution in [1.29, 1.82) is 0 Å². The van der Waals surface area contributed by atoms with Crippen LogP contribution in [0.15, 0.2) is 6.20 Å². The van der Waals surface area contributed by atoms with E-state index in [0.717, 1.165) is 6.54 Å². The minimum absolute atomic E-state index is 0.0944. The topological polar surface area (TPSA) is 59.4 Å². The molecule has 1 aromatic rings. The van der Waals surface area contributed by atoms with Gasteiger partial charge in [-0.15, -0.1) is 0 Å². The SMILES string of the molecule is COc1c(C(=O)NCC23CCCN2CCC3)cnn1C.